The van der Waals surface area contributed by atoms with Crippen LogP contribution in [0, 0.1) is 5.82 Å². The molecule has 6 nitrogen and oxygen atoms in total. The Morgan fingerprint density at radius 3 is 2.16 bits per heavy atom. The predicted octanol–water partition coefficient (Wildman–Crippen LogP) is 2.76. The number of hydrogen-bond acceptors (Lipinski definition) is 3. The Hall–Kier alpha value is -3.74. The minimum Gasteiger partial charge on any atom is -0.352 e. The lowest BCUT2D eigenvalue weighted by atomic mass is 10.1. The van der Waals surface area contributed by atoms with Crippen molar-refractivity contribution in [2.75, 3.05) is 13.1 Å². The highest BCUT2D eigenvalue weighted by Crippen LogP contribution is 2.08. The van der Waals surface area contributed by atoms with E-state index in [1.807, 2.05) is 30.3 Å². The molecule has 0 spiro atoms. The molecule has 0 aliphatic carbocycles. The molecule has 0 atom stereocenters. The second kappa shape index (κ2) is 10.3. The number of carbonyl (C=O) groups excluding carboxylic acids is 2. The zero-order valence-corrected chi connectivity index (χ0v) is 17.2. The largest absolute Gasteiger partial charge is 0.352 e. The van der Waals surface area contributed by atoms with Gasteiger partial charge in [0.05, 0.1) is 0 Å². The van der Waals surface area contributed by atoms with Crippen LogP contribution >= 0.6 is 0 Å². The maximum absolute atomic E-state index is 13.8. The molecule has 0 unspecified atom stereocenters. The molecule has 0 saturated carbocycles. The summed E-state index contributed by atoms with van der Waals surface area (Å²) in [7, 11) is 0. The van der Waals surface area contributed by atoms with Gasteiger partial charge in [-0.3, -0.25) is 14.4 Å². The number of aromatic nitrogens is 1. The van der Waals surface area contributed by atoms with Crippen molar-refractivity contribution in [3.63, 3.8) is 0 Å². The van der Waals surface area contributed by atoms with Gasteiger partial charge < -0.3 is 15.2 Å². The molecule has 0 aliphatic rings. The summed E-state index contributed by atoms with van der Waals surface area (Å²) in [5, 5.41) is 5.26. The smallest absolute Gasteiger partial charge is 0.256 e. The highest BCUT2D eigenvalue weighted by molar-refractivity contribution is 5.99. The summed E-state index contributed by atoms with van der Waals surface area (Å²) < 4.78 is 15.4. The van der Waals surface area contributed by atoms with Gasteiger partial charge >= 0.3 is 0 Å². The number of halogens is 1. The maximum Gasteiger partial charge on any atom is 0.256 e. The minimum absolute atomic E-state index is 0.0977. The van der Waals surface area contributed by atoms with Crippen LogP contribution in [0.25, 0.3) is 0 Å². The fraction of sp³-hybridized carbons (Fsp3) is 0.208. The lowest BCUT2D eigenvalue weighted by Gasteiger charge is -2.13. The molecule has 0 bridgehead atoms. The first-order valence-electron chi connectivity index (χ1n) is 10.1. The Labute approximate surface area is 179 Å². The second-order valence-electron chi connectivity index (χ2n) is 7.03. The van der Waals surface area contributed by atoms with Crippen LogP contribution in [-0.2, 0) is 13.0 Å². The number of rotatable bonds is 8. The normalized spacial score (nSPS) is 10.5. The molecule has 2 N–H and O–H groups in total. The number of nitrogens with zero attached hydrogens (tertiary/aromatic N) is 1. The molecule has 0 radical (unpaired) electrons. The van der Waals surface area contributed by atoms with Gasteiger partial charge in [0.2, 0.25) is 5.43 Å². The molecule has 1 aromatic heterocycles. The topological polar surface area (TPSA) is 80.2 Å². The standard InChI is InChI=1S/C24H24FN3O3/c1-2-26-23(30)19-15-28(14-17-8-4-3-5-9-17)16-20(22(19)29)24(31)27-13-12-18-10-6-7-11-21(18)25/h3-11,15-16H,2,12-14H2,1H3,(H,26,30)(H,27,31). The lowest BCUT2D eigenvalue weighted by molar-refractivity contribution is 0.0951. The van der Waals surface area contributed by atoms with E-state index in [9.17, 15) is 18.8 Å². The van der Waals surface area contributed by atoms with Crippen molar-refractivity contribution in [1.29, 1.82) is 0 Å². The second-order valence-corrected chi connectivity index (χ2v) is 7.03. The number of hydrogen-bond donors (Lipinski definition) is 2. The summed E-state index contributed by atoms with van der Waals surface area (Å²) in [5.74, 6) is -1.48. The molecule has 3 aromatic rings. The molecule has 2 aromatic carbocycles. The first kappa shape index (κ1) is 22.0. The van der Waals surface area contributed by atoms with Gasteiger partial charge in [-0.1, -0.05) is 48.5 Å². The first-order valence-corrected chi connectivity index (χ1v) is 10.1. The molecule has 0 aliphatic heterocycles. The van der Waals surface area contributed by atoms with Crippen LogP contribution in [-0.4, -0.2) is 29.5 Å². The quantitative estimate of drug-likeness (QED) is 0.587. The Morgan fingerprint density at radius 1 is 0.903 bits per heavy atom. The van der Waals surface area contributed by atoms with Gasteiger partial charge in [0.15, 0.2) is 0 Å². The Balaban J connectivity index is 1.84. The third-order valence-corrected chi connectivity index (χ3v) is 4.75. The Bertz CT molecular complexity index is 1130. The predicted molar refractivity (Wildman–Crippen MR) is 117 cm³/mol. The monoisotopic (exact) mass is 421 g/mol. The van der Waals surface area contributed by atoms with Crippen LogP contribution in [0.3, 0.4) is 0 Å². The van der Waals surface area contributed by atoms with E-state index in [0.717, 1.165) is 5.56 Å². The van der Waals surface area contributed by atoms with Crippen LogP contribution < -0.4 is 16.1 Å². The summed E-state index contributed by atoms with van der Waals surface area (Å²) >= 11 is 0. The van der Waals surface area contributed by atoms with Gasteiger partial charge in [0.1, 0.15) is 16.9 Å². The average Bonchev–Trinajstić information content (AvgIpc) is 2.77. The van der Waals surface area contributed by atoms with E-state index in [0.29, 0.717) is 18.7 Å². The third kappa shape index (κ3) is 5.66. The fourth-order valence-electron chi connectivity index (χ4n) is 3.20. The number of carbonyl (C=O) groups is 2. The first-order chi connectivity index (χ1) is 15.0. The van der Waals surface area contributed by atoms with E-state index in [2.05, 4.69) is 10.6 Å². The van der Waals surface area contributed by atoms with E-state index in [4.69, 9.17) is 0 Å². The highest BCUT2D eigenvalue weighted by atomic mass is 19.1. The molecular formula is C24H24FN3O3. The van der Waals surface area contributed by atoms with Gasteiger partial charge in [0.25, 0.3) is 11.8 Å². The third-order valence-electron chi connectivity index (χ3n) is 4.75. The van der Waals surface area contributed by atoms with Crippen molar-refractivity contribution in [3.8, 4) is 0 Å². The van der Waals surface area contributed by atoms with Crippen LogP contribution in [0.4, 0.5) is 4.39 Å². The van der Waals surface area contributed by atoms with Gasteiger partial charge in [-0.15, -0.1) is 0 Å². The van der Waals surface area contributed by atoms with Crippen molar-refractivity contribution in [1.82, 2.24) is 15.2 Å². The SMILES string of the molecule is CCNC(=O)c1cn(Cc2ccccc2)cc(C(=O)NCCc2ccccc2F)c1=O. The van der Waals surface area contributed by atoms with E-state index < -0.39 is 17.2 Å². The van der Waals surface area contributed by atoms with E-state index >= 15 is 0 Å². The molecule has 31 heavy (non-hydrogen) atoms. The summed E-state index contributed by atoms with van der Waals surface area (Å²) in [4.78, 5) is 37.9. The van der Waals surface area contributed by atoms with Crippen LogP contribution in [0.2, 0.25) is 0 Å². The summed E-state index contributed by atoms with van der Waals surface area (Å²) in [6.07, 6.45) is 3.18. The molecule has 1 heterocycles. The molecule has 3 rings (SSSR count). The molecule has 0 saturated heterocycles. The summed E-state index contributed by atoms with van der Waals surface area (Å²) in [5.41, 5.74) is 0.561. The highest BCUT2D eigenvalue weighted by Gasteiger charge is 2.19. The number of nitrogens with one attached hydrogen (secondary N) is 2. The van der Waals surface area contributed by atoms with E-state index in [1.165, 1.54) is 18.5 Å². The zero-order valence-electron chi connectivity index (χ0n) is 17.2. The van der Waals surface area contributed by atoms with Gasteiger partial charge in [0, 0.05) is 32.0 Å². The fourth-order valence-corrected chi connectivity index (χ4v) is 3.20. The minimum atomic E-state index is -0.640. The molecule has 0 fully saturated rings. The molecule has 160 valence electrons. The lowest BCUT2D eigenvalue weighted by Crippen LogP contribution is -2.36. The average molecular weight is 421 g/mol. The van der Waals surface area contributed by atoms with Crippen molar-refractivity contribution in [2.24, 2.45) is 0 Å². The van der Waals surface area contributed by atoms with Gasteiger partial charge in [-0.2, -0.15) is 0 Å². The van der Waals surface area contributed by atoms with Gasteiger partial charge in [-0.25, -0.2) is 4.39 Å². The Kier molecular flexibility index (Phi) is 7.32. The Morgan fingerprint density at radius 2 is 1.52 bits per heavy atom. The maximum atomic E-state index is 13.8. The van der Waals surface area contributed by atoms with Gasteiger partial charge in [-0.05, 0) is 30.5 Å². The molecule has 7 heteroatoms. The van der Waals surface area contributed by atoms with E-state index in [-0.39, 0.29) is 29.9 Å². The van der Waals surface area contributed by atoms with Crippen molar-refractivity contribution >= 4 is 11.8 Å². The number of pyridine rings is 1. The number of benzene rings is 2. The van der Waals surface area contributed by atoms with Crippen molar-refractivity contribution in [2.45, 2.75) is 19.9 Å². The molecular weight excluding hydrogens is 397 g/mol. The van der Waals surface area contributed by atoms with Crippen molar-refractivity contribution in [3.05, 3.63) is 105 Å². The number of amides is 2. The molecule has 2 amide bonds. The van der Waals surface area contributed by atoms with E-state index in [1.54, 1.807) is 29.7 Å². The summed E-state index contributed by atoms with van der Waals surface area (Å²) in [6, 6.07) is 15.8. The van der Waals surface area contributed by atoms with Crippen LogP contribution in [0.5, 0.6) is 0 Å². The van der Waals surface area contributed by atoms with Crippen LogP contribution in [0.15, 0.2) is 71.8 Å². The van der Waals surface area contributed by atoms with Crippen molar-refractivity contribution < 1.29 is 14.0 Å². The zero-order chi connectivity index (χ0) is 22.2. The summed E-state index contributed by atoms with van der Waals surface area (Å²) in [6.45, 7) is 2.65. The van der Waals surface area contributed by atoms with Crippen LogP contribution in [0.1, 0.15) is 38.8 Å².